The third kappa shape index (κ3) is 2.03. The van der Waals surface area contributed by atoms with Gasteiger partial charge < -0.3 is 4.57 Å². The molecule has 1 aromatic heterocycles. The van der Waals surface area contributed by atoms with Crippen LogP contribution in [0.25, 0.3) is 0 Å². The summed E-state index contributed by atoms with van der Waals surface area (Å²) in [5.74, 6) is 3.39. The largest absolute Gasteiger partial charge is 0.332 e. The third-order valence-electron chi connectivity index (χ3n) is 1.91. The smallest absolute Gasteiger partial charge is 0.105 e. The highest BCUT2D eigenvalue weighted by atomic mass is 32.2. The molecule has 1 rings (SSSR count). The van der Waals surface area contributed by atoms with Gasteiger partial charge in [-0.25, -0.2) is 4.98 Å². The van der Waals surface area contributed by atoms with E-state index in [2.05, 4.69) is 30.3 Å². The van der Waals surface area contributed by atoms with E-state index < -0.39 is 0 Å². The fraction of sp³-hybridized carbons (Fsp3) is 0.667. The minimum atomic E-state index is 1.03. The predicted molar refractivity (Wildman–Crippen MR) is 54.5 cm³/mol. The van der Waals surface area contributed by atoms with Crippen molar-refractivity contribution in [3.8, 4) is 0 Å². The number of thioether (sulfide) groups is 1. The van der Waals surface area contributed by atoms with E-state index in [-0.39, 0.29) is 0 Å². The average Bonchev–Trinajstić information content (AvgIpc) is 2.43. The maximum Gasteiger partial charge on any atom is 0.105 e. The molecule has 0 saturated heterocycles. The van der Waals surface area contributed by atoms with Crippen molar-refractivity contribution in [1.82, 2.24) is 9.55 Å². The Morgan fingerprint density at radius 3 is 2.83 bits per heavy atom. The Kier molecular flexibility index (Phi) is 3.66. The molecule has 0 bridgehead atoms. The summed E-state index contributed by atoms with van der Waals surface area (Å²) < 4.78 is 2.27. The van der Waals surface area contributed by atoms with E-state index >= 15 is 0 Å². The van der Waals surface area contributed by atoms with Crippen molar-refractivity contribution < 1.29 is 0 Å². The first-order valence-corrected chi connectivity index (χ1v) is 5.53. The van der Waals surface area contributed by atoms with Gasteiger partial charge in [0.2, 0.25) is 0 Å². The number of nitrogens with zero attached hydrogens (tertiary/aromatic N) is 2. The number of hydrogen-bond donors (Lipinski definition) is 0. The molecular formula is C9H16N2S. The Balaban J connectivity index is 2.70. The second-order valence-corrected chi connectivity index (χ2v) is 3.95. The van der Waals surface area contributed by atoms with Crippen LogP contribution in [0.3, 0.4) is 0 Å². The summed E-state index contributed by atoms with van der Waals surface area (Å²) in [6, 6.07) is 0. The van der Waals surface area contributed by atoms with Gasteiger partial charge in [0.1, 0.15) is 5.82 Å². The summed E-state index contributed by atoms with van der Waals surface area (Å²) in [5, 5.41) is 0. The van der Waals surface area contributed by atoms with E-state index in [4.69, 9.17) is 0 Å². The average molecular weight is 184 g/mol. The molecule has 0 radical (unpaired) electrons. The monoisotopic (exact) mass is 184 g/mol. The molecule has 1 aromatic rings. The first-order chi connectivity index (χ1) is 5.79. The Bertz CT molecular complexity index is 243. The van der Waals surface area contributed by atoms with Gasteiger partial charge >= 0.3 is 0 Å². The molecule has 0 saturated carbocycles. The van der Waals surface area contributed by atoms with Gasteiger partial charge in [-0.15, -0.1) is 0 Å². The van der Waals surface area contributed by atoms with Crippen LogP contribution in [0.1, 0.15) is 25.4 Å². The van der Waals surface area contributed by atoms with Crippen LogP contribution in [0.5, 0.6) is 0 Å². The van der Waals surface area contributed by atoms with Crippen LogP contribution in [0.4, 0.5) is 0 Å². The third-order valence-corrected chi connectivity index (χ3v) is 2.82. The van der Waals surface area contributed by atoms with Crippen molar-refractivity contribution >= 4 is 11.8 Å². The van der Waals surface area contributed by atoms with Gasteiger partial charge in [-0.2, -0.15) is 11.8 Å². The highest BCUT2D eigenvalue weighted by molar-refractivity contribution is 7.98. The van der Waals surface area contributed by atoms with Gasteiger partial charge in [0.05, 0.1) is 0 Å². The molecule has 0 N–H and O–H groups in total. The van der Waals surface area contributed by atoms with Gasteiger partial charge in [0, 0.05) is 24.2 Å². The lowest BCUT2D eigenvalue weighted by molar-refractivity contribution is 0.706. The zero-order chi connectivity index (χ0) is 8.97. The Morgan fingerprint density at radius 2 is 2.25 bits per heavy atom. The minimum absolute atomic E-state index is 1.03. The Hall–Kier alpha value is -0.440. The number of aromatic nitrogens is 2. The molecule has 0 fully saturated rings. The fourth-order valence-corrected chi connectivity index (χ4v) is 1.91. The van der Waals surface area contributed by atoms with Gasteiger partial charge in [0.25, 0.3) is 0 Å². The van der Waals surface area contributed by atoms with Crippen LogP contribution in [0.2, 0.25) is 0 Å². The molecule has 0 aliphatic rings. The van der Waals surface area contributed by atoms with E-state index in [0.29, 0.717) is 0 Å². The summed E-state index contributed by atoms with van der Waals surface area (Å²) in [5.41, 5.74) is 1.35. The molecule has 0 spiro atoms. The van der Waals surface area contributed by atoms with Gasteiger partial charge in [-0.3, -0.25) is 0 Å². The second kappa shape index (κ2) is 4.55. The first kappa shape index (κ1) is 9.65. The second-order valence-electron chi connectivity index (χ2n) is 2.68. The van der Waals surface area contributed by atoms with E-state index in [1.165, 1.54) is 11.4 Å². The molecule has 68 valence electrons. The van der Waals surface area contributed by atoms with Crippen molar-refractivity contribution in [2.75, 3.05) is 5.75 Å². The molecule has 3 heteroatoms. The predicted octanol–water partition coefficient (Wildman–Crippen LogP) is 2.46. The molecule has 0 aromatic carbocycles. The molecule has 0 unspecified atom stereocenters. The van der Waals surface area contributed by atoms with Crippen LogP contribution < -0.4 is 0 Å². The molecule has 0 aliphatic heterocycles. The number of rotatable bonds is 4. The minimum Gasteiger partial charge on any atom is -0.332 e. The molecular weight excluding hydrogens is 168 g/mol. The van der Waals surface area contributed by atoms with Crippen molar-refractivity contribution in [2.24, 2.45) is 0 Å². The van der Waals surface area contributed by atoms with E-state index in [0.717, 1.165) is 18.1 Å². The summed E-state index contributed by atoms with van der Waals surface area (Å²) in [4.78, 5) is 4.29. The van der Waals surface area contributed by atoms with Crippen molar-refractivity contribution in [1.29, 1.82) is 0 Å². The summed E-state index contributed by atoms with van der Waals surface area (Å²) in [6.07, 6.45) is 1.99. The number of aryl methyl sites for hydroxylation is 1. The Labute approximate surface area is 78.4 Å². The SMILES string of the molecule is CCSCc1cnc(C)n1CC. The quantitative estimate of drug-likeness (QED) is 0.715. The fourth-order valence-electron chi connectivity index (χ4n) is 1.27. The highest BCUT2D eigenvalue weighted by Gasteiger charge is 2.03. The first-order valence-electron chi connectivity index (χ1n) is 4.38. The maximum absolute atomic E-state index is 4.29. The highest BCUT2D eigenvalue weighted by Crippen LogP contribution is 2.13. The number of imidazole rings is 1. The summed E-state index contributed by atoms with van der Waals surface area (Å²) in [7, 11) is 0. The summed E-state index contributed by atoms with van der Waals surface area (Å²) >= 11 is 1.94. The van der Waals surface area contributed by atoms with Crippen LogP contribution >= 0.6 is 11.8 Å². The maximum atomic E-state index is 4.29. The Morgan fingerprint density at radius 1 is 1.50 bits per heavy atom. The van der Waals surface area contributed by atoms with Gasteiger partial charge in [-0.1, -0.05) is 6.92 Å². The lowest BCUT2D eigenvalue weighted by atomic mass is 10.5. The topological polar surface area (TPSA) is 17.8 Å². The molecule has 0 amide bonds. The van der Waals surface area contributed by atoms with Crippen LogP contribution in [-0.2, 0) is 12.3 Å². The molecule has 2 nitrogen and oxygen atoms in total. The summed E-state index contributed by atoms with van der Waals surface area (Å²) in [6.45, 7) is 7.44. The lowest BCUT2D eigenvalue weighted by Crippen LogP contribution is -2.01. The van der Waals surface area contributed by atoms with E-state index in [1.807, 2.05) is 18.0 Å². The lowest BCUT2D eigenvalue weighted by Gasteiger charge is -2.05. The van der Waals surface area contributed by atoms with E-state index in [1.54, 1.807) is 0 Å². The van der Waals surface area contributed by atoms with E-state index in [9.17, 15) is 0 Å². The normalized spacial score (nSPS) is 10.6. The molecule has 12 heavy (non-hydrogen) atoms. The number of hydrogen-bond acceptors (Lipinski definition) is 2. The van der Waals surface area contributed by atoms with Crippen LogP contribution in [-0.4, -0.2) is 15.3 Å². The van der Waals surface area contributed by atoms with Crippen molar-refractivity contribution in [3.63, 3.8) is 0 Å². The van der Waals surface area contributed by atoms with Gasteiger partial charge in [0.15, 0.2) is 0 Å². The molecule has 0 aliphatic carbocycles. The van der Waals surface area contributed by atoms with Crippen LogP contribution in [0, 0.1) is 6.92 Å². The van der Waals surface area contributed by atoms with Crippen LogP contribution in [0.15, 0.2) is 6.20 Å². The zero-order valence-corrected chi connectivity index (χ0v) is 8.82. The molecule has 0 atom stereocenters. The zero-order valence-electron chi connectivity index (χ0n) is 8.00. The van der Waals surface area contributed by atoms with Gasteiger partial charge in [-0.05, 0) is 19.6 Å². The van der Waals surface area contributed by atoms with Crippen molar-refractivity contribution in [3.05, 3.63) is 17.7 Å². The standard InChI is InChI=1S/C9H16N2S/c1-4-11-8(3)10-6-9(11)7-12-5-2/h6H,4-5,7H2,1-3H3. The molecule has 1 heterocycles. The van der Waals surface area contributed by atoms with Crippen molar-refractivity contribution in [2.45, 2.75) is 33.1 Å².